The summed E-state index contributed by atoms with van der Waals surface area (Å²) >= 11 is -2.49. The number of ketones is 1. The second-order valence-electron chi connectivity index (χ2n) is 8.78. The number of amides is 1. The Morgan fingerprint density at radius 1 is 1.21 bits per heavy atom. The molecule has 0 saturated carbocycles. The van der Waals surface area contributed by atoms with E-state index in [0.717, 1.165) is 25.9 Å². The van der Waals surface area contributed by atoms with Gasteiger partial charge < -0.3 is 9.87 Å². The van der Waals surface area contributed by atoms with Gasteiger partial charge in [-0.15, -0.1) is 6.42 Å². The molecule has 0 aromatic heterocycles. The first kappa shape index (κ1) is 26.0. The van der Waals surface area contributed by atoms with E-state index in [4.69, 9.17) is 6.42 Å². The SMILES string of the molecule is C#CCNC(=O)CCC(=O)CN(CC1CCN(C(C)c2cccc3ccccc23)CC1)S(=O)[O-]. The summed E-state index contributed by atoms with van der Waals surface area (Å²) in [5, 5.41) is 4.99. The van der Waals surface area contributed by atoms with E-state index in [1.807, 2.05) is 6.07 Å². The van der Waals surface area contributed by atoms with Crippen LogP contribution in [0.15, 0.2) is 42.5 Å². The molecule has 0 aliphatic carbocycles. The van der Waals surface area contributed by atoms with Crippen LogP contribution in [0.25, 0.3) is 10.8 Å². The van der Waals surface area contributed by atoms with Crippen molar-refractivity contribution in [2.24, 2.45) is 5.92 Å². The third-order valence-electron chi connectivity index (χ3n) is 6.51. The van der Waals surface area contributed by atoms with Crippen molar-refractivity contribution < 1.29 is 18.4 Å². The van der Waals surface area contributed by atoms with Crippen LogP contribution in [0.5, 0.6) is 0 Å². The summed E-state index contributed by atoms with van der Waals surface area (Å²) in [5.41, 5.74) is 1.30. The molecule has 1 fully saturated rings. The molecule has 0 radical (unpaired) electrons. The van der Waals surface area contributed by atoms with Crippen molar-refractivity contribution in [2.45, 2.75) is 38.6 Å². The summed E-state index contributed by atoms with van der Waals surface area (Å²) in [4.78, 5) is 26.3. The lowest BCUT2D eigenvalue weighted by Crippen LogP contribution is -2.41. The Bertz CT molecular complexity index is 1050. The molecule has 7 nitrogen and oxygen atoms in total. The predicted molar refractivity (Wildman–Crippen MR) is 133 cm³/mol. The van der Waals surface area contributed by atoms with Crippen LogP contribution in [-0.2, 0) is 20.9 Å². The van der Waals surface area contributed by atoms with Crippen LogP contribution < -0.4 is 5.32 Å². The zero-order valence-electron chi connectivity index (χ0n) is 19.6. The molecule has 34 heavy (non-hydrogen) atoms. The van der Waals surface area contributed by atoms with Crippen molar-refractivity contribution >= 4 is 33.7 Å². The van der Waals surface area contributed by atoms with Gasteiger partial charge >= 0.3 is 0 Å². The Morgan fingerprint density at radius 3 is 2.62 bits per heavy atom. The smallest absolute Gasteiger partial charge is 0.221 e. The summed E-state index contributed by atoms with van der Waals surface area (Å²) in [6.07, 6.45) is 6.82. The highest BCUT2D eigenvalue weighted by Crippen LogP contribution is 2.31. The highest BCUT2D eigenvalue weighted by atomic mass is 32.2. The van der Waals surface area contributed by atoms with E-state index in [2.05, 4.69) is 59.5 Å². The van der Waals surface area contributed by atoms with Gasteiger partial charge in [0.15, 0.2) is 0 Å². The van der Waals surface area contributed by atoms with Gasteiger partial charge in [-0.05, 0) is 55.1 Å². The highest BCUT2D eigenvalue weighted by Gasteiger charge is 2.26. The first-order valence-electron chi connectivity index (χ1n) is 11.7. The van der Waals surface area contributed by atoms with Crippen molar-refractivity contribution in [2.75, 3.05) is 32.7 Å². The van der Waals surface area contributed by atoms with Gasteiger partial charge in [0.2, 0.25) is 5.91 Å². The van der Waals surface area contributed by atoms with Crippen LogP contribution in [0.1, 0.15) is 44.2 Å². The normalized spacial score (nSPS) is 16.8. The minimum Gasteiger partial charge on any atom is -0.760 e. The summed E-state index contributed by atoms with van der Waals surface area (Å²) in [6.45, 7) is 4.20. The molecule has 182 valence electrons. The number of hydrogen-bond acceptors (Lipinski definition) is 5. The minimum atomic E-state index is -2.49. The lowest BCUT2D eigenvalue weighted by molar-refractivity contribution is -0.125. The summed E-state index contributed by atoms with van der Waals surface area (Å²) in [7, 11) is 0. The van der Waals surface area contributed by atoms with Gasteiger partial charge in [-0.25, -0.2) is 4.31 Å². The molecule has 1 amide bonds. The van der Waals surface area contributed by atoms with Gasteiger partial charge in [-0.1, -0.05) is 48.4 Å². The Kier molecular flexibility index (Phi) is 9.78. The molecule has 2 aromatic rings. The average molecular weight is 483 g/mol. The number of nitrogens with zero attached hydrogens (tertiary/aromatic N) is 2. The largest absolute Gasteiger partial charge is 0.760 e. The molecular weight excluding hydrogens is 450 g/mol. The monoisotopic (exact) mass is 482 g/mol. The molecule has 1 saturated heterocycles. The van der Waals surface area contributed by atoms with Gasteiger partial charge in [0, 0.05) is 36.7 Å². The number of rotatable bonds is 11. The Balaban J connectivity index is 1.50. The van der Waals surface area contributed by atoms with Crippen LogP contribution in [0.4, 0.5) is 0 Å². The van der Waals surface area contributed by atoms with Gasteiger partial charge in [-0.2, -0.15) is 0 Å². The van der Waals surface area contributed by atoms with Crippen molar-refractivity contribution in [1.82, 2.24) is 14.5 Å². The number of likely N-dealkylation sites (tertiary alicyclic amines) is 1. The maximum Gasteiger partial charge on any atom is 0.221 e. The molecule has 0 bridgehead atoms. The van der Waals surface area contributed by atoms with Crippen LogP contribution in [-0.4, -0.2) is 62.4 Å². The second-order valence-corrected chi connectivity index (χ2v) is 9.73. The van der Waals surface area contributed by atoms with Gasteiger partial charge in [0.25, 0.3) is 0 Å². The zero-order chi connectivity index (χ0) is 24.5. The minimum absolute atomic E-state index is 0.00426. The molecule has 1 aliphatic heterocycles. The third kappa shape index (κ3) is 7.21. The molecule has 2 atom stereocenters. The Morgan fingerprint density at radius 2 is 1.91 bits per heavy atom. The topological polar surface area (TPSA) is 92.8 Å². The van der Waals surface area contributed by atoms with E-state index in [-0.39, 0.29) is 49.6 Å². The molecule has 0 spiro atoms. The number of terminal acetylenes is 1. The third-order valence-corrected chi connectivity index (χ3v) is 7.21. The number of Topliss-reactive ketones (excluding diaryl/α,β-unsaturated/α-hetero) is 1. The molecule has 1 N–H and O–H groups in total. The maximum atomic E-state index is 12.2. The van der Waals surface area contributed by atoms with E-state index in [9.17, 15) is 18.4 Å². The quantitative estimate of drug-likeness (QED) is 0.393. The van der Waals surface area contributed by atoms with Crippen LogP contribution in [0, 0.1) is 18.3 Å². The average Bonchev–Trinajstić information content (AvgIpc) is 2.85. The molecular formula is C26H32N3O4S-. The number of carbonyl (C=O) groups excluding carboxylic acids is 2. The maximum absolute atomic E-state index is 12.2. The molecule has 2 aromatic carbocycles. The number of piperidine rings is 1. The Hall–Kier alpha value is -2.57. The fraction of sp³-hybridized carbons (Fsp3) is 0.462. The lowest BCUT2D eigenvalue weighted by atomic mass is 9.93. The van der Waals surface area contributed by atoms with Crippen molar-refractivity contribution in [3.63, 3.8) is 0 Å². The van der Waals surface area contributed by atoms with Crippen molar-refractivity contribution in [3.05, 3.63) is 48.0 Å². The number of carbonyl (C=O) groups is 2. The standard InChI is InChI=1S/C26H33N3O4S/c1-3-15-27-26(31)12-11-23(30)19-29(34(32)33)18-21-13-16-28(17-14-21)20(2)24-10-6-8-22-7-4-5-9-25(22)24/h1,4-10,20-21H,11-19H2,2H3,(H,27,31)(H,32,33)/p-1. The number of fused-ring (bicyclic) bond motifs is 1. The second kappa shape index (κ2) is 12.8. The van der Waals surface area contributed by atoms with E-state index in [1.54, 1.807) is 0 Å². The highest BCUT2D eigenvalue weighted by molar-refractivity contribution is 7.76. The van der Waals surface area contributed by atoms with Crippen molar-refractivity contribution in [3.8, 4) is 12.3 Å². The summed E-state index contributed by atoms with van der Waals surface area (Å²) in [5.74, 6) is 1.90. The van der Waals surface area contributed by atoms with Crippen LogP contribution >= 0.6 is 0 Å². The van der Waals surface area contributed by atoms with Crippen molar-refractivity contribution in [1.29, 1.82) is 0 Å². The number of nitrogens with one attached hydrogen (secondary N) is 1. The fourth-order valence-corrected chi connectivity index (χ4v) is 5.15. The van der Waals surface area contributed by atoms with E-state index < -0.39 is 11.3 Å². The Labute approximate surface area is 204 Å². The van der Waals surface area contributed by atoms with E-state index in [1.165, 1.54) is 20.6 Å². The molecule has 8 heteroatoms. The van der Waals surface area contributed by atoms with Crippen LogP contribution in [0.2, 0.25) is 0 Å². The molecule has 2 unspecified atom stereocenters. The predicted octanol–water partition coefficient (Wildman–Crippen LogP) is 2.81. The fourth-order valence-electron chi connectivity index (χ4n) is 4.57. The van der Waals surface area contributed by atoms with Gasteiger partial charge in [-0.3, -0.25) is 18.7 Å². The molecule has 1 aliphatic rings. The van der Waals surface area contributed by atoms with Gasteiger partial charge in [0.05, 0.1) is 13.1 Å². The number of benzene rings is 2. The van der Waals surface area contributed by atoms with E-state index in [0.29, 0.717) is 6.54 Å². The van der Waals surface area contributed by atoms with E-state index >= 15 is 0 Å². The lowest BCUT2D eigenvalue weighted by Gasteiger charge is -2.38. The summed E-state index contributed by atoms with van der Waals surface area (Å²) < 4.78 is 24.7. The van der Waals surface area contributed by atoms with Crippen LogP contribution in [0.3, 0.4) is 0 Å². The molecule has 1 heterocycles. The summed E-state index contributed by atoms with van der Waals surface area (Å²) in [6, 6.07) is 15.1. The first-order chi connectivity index (χ1) is 16.4. The van der Waals surface area contributed by atoms with Gasteiger partial charge in [0.1, 0.15) is 5.78 Å². The zero-order valence-corrected chi connectivity index (χ0v) is 20.4. The molecule has 3 rings (SSSR count). The first-order valence-corrected chi connectivity index (χ1v) is 12.7. The number of hydrogen-bond donors (Lipinski definition) is 1.